The molecule has 0 spiro atoms. The lowest BCUT2D eigenvalue weighted by atomic mass is 10.1. The first-order chi connectivity index (χ1) is 13.6. The molecule has 152 valence electrons. The normalized spacial score (nSPS) is 19.0. The molecule has 28 heavy (non-hydrogen) atoms. The lowest BCUT2D eigenvalue weighted by Gasteiger charge is -2.31. The number of carbonyl (C=O) groups excluding carboxylic acids is 1. The monoisotopic (exact) mass is 387 g/mol. The van der Waals surface area contributed by atoms with E-state index in [9.17, 15) is 4.79 Å². The van der Waals surface area contributed by atoms with Crippen LogP contribution in [0.5, 0.6) is 5.75 Å². The SMILES string of the molecule is CC(=O)NC(C)COC1CCN(c2nc3cc(OCC4CC4)ccc3o2)CC1. The summed E-state index contributed by atoms with van der Waals surface area (Å²) in [6, 6.07) is 6.55. The smallest absolute Gasteiger partial charge is 0.298 e. The summed E-state index contributed by atoms with van der Waals surface area (Å²) >= 11 is 0. The van der Waals surface area contributed by atoms with Crippen molar-refractivity contribution in [2.45, 2.75) is 51.7 Å². The number of amides is 1. The van der Waals surface area contributed by atoms with E-state index >= 15 is 0 Å². The van der Waals surface area contributed by atoms with Crippen LogP contribution in [-0.2, 0) is 9.53 Å². The van der Waals surface area contributed by atoms with Gasteiger partial charge in [0.2, 0.25) is 5.91 Å². The molecule has 0 bridgehead atoms. The second-order valence-corrected chi connectivity index (χ2v) is 8.00. The van der Waals surface area contributed by atoms with Crippen LogP contribution in [0.1, 0.15) is 39.5 Å². The number of aromatic nitrogens is 1. The van der Waals surface area contributed by atoms with Crippen LogP contribution in [0.25, 0.3) is 11.1 Å². The molecule has 1 saturated carbocycles. The van der Waals surface area contributed by atoms with Gasteiger partial charge in [-0.3, -0.25) is 4.79 Å². The second-order valence-electron chi connectivity index (χ2n) is 8.00. The average Bonchev–Trinajstić information content (AvgIpc) is 3.41. The molecule has 1 atom stereocenters. The van der Waals surface area contributed by atoms with Crippen molar-refractivity contribution in [3.8, 4) is 5.75 Å². The molecular formula is C21H29N3O4. The molecule has 1 aliphatic heterocycles. The molecule has 1 amide bonds. The molecule has 2 heterocycles. The van der Waals surface area contributed by atoms with E-state index in [2.05, 4.69) is 15.2 Å². The van der Waals surface area contributed by atoms with Crippen LogP contribution >= 0.6 is 0 Å². The predicted molar refractivity (Wildman–Crippen MR) is 107 cm³/mol. The van der Waals surface area contributed by atoms with Crippen LogP contribution in [-0.4, -0.2) is 49.3 Å². The van der Waals surface area contributed by atoms with E-state index in [0.717, 1.165) is 55.3 Å². The summed E-state index contributed by atoms with van der Waals surface area (Å²) in [7, 11) is 0. The number of oxazole rings is 1. The van der Waals surface area contributed by atoms with Gasteiger partial charge in [0.05, 0.1) is 19.3 Å². The van der Waals surface area contributed by atoms with E-state index in [-0.39, 0.29) is 18.1 Å². The number of fused-ring (bicyclic) bond motifs is 1. The number of hydrogen-bond acceptors (Lipinski definition) is 6. The predicted octanol–water partition coefficient (Wildman–Crippen LogP) is 3.13. The van der Waals surface area contributed by atoms with Gasteiger partial charge < -0.3 is 24.1 Å². The van der Waals surface area contributed by atoms with Crippen LogP contribution < -0.4 is 15.0 Å². The van der Waals surface area contributed by atoms with Crippen molar-refractivity contribution < 1.29 is 18.7 Å². The zero-order chi connectivity index (χ0) is 19.5. The quantitative estimate of drug-likeness (QED) is 0.750. The first kappa shape index (κ1) is 19.1. The van der Waals surface area contributed by atoms with Crippen LogP contribution in [0.4, 0.5) is 6.01 Å². The standard InChI is InChI=1S/C21H29N3O4/c1-14(22-15(2)25)12-26-17-7-9-24(10-8-17)21-23-19-11-18(5-6-20(19)28-21)27-13-16-3-4-16/h5-6,11,14,16-17H,3-4,7-10,12-13H2,1-2H3,(H,22,25). The molecule has 7 nitrogen and oxygen atoms in total. The van der Waals surface area contributed by atoms with E-state index in [4.69, 9.17) is 13.9 Å². The lowest BCUT2D eigenvalue weighted by Crippen LogP contribution is -2.40. The molecule has 2 aliphatic rings. The number of piperidine rings is 1. The Morgan fingerprint density at radius 3 is 2.82 bits per heavy atom. The maximum atomic E-state index is 11.1. The summed E-state index contributed by atoms with van der Waals surface area (Å²) in [4.78, 5) is 17.9. The van der Waals surface area contributed by atoms with Gasteiger partial charge in [0, 0.05) is 32.1 Å². The number of carbonyl (C=O) groups is 1. The third kappa shape index (κ3) is 4.95. The number of hydrogen-bond donors (Lipinski definition) is 1. The molecule has 1 unspecified atom stereocenters. The van der Waals surface area contributed by atoms with Crippen LogP contribution in [0, 0.1) is 5.92 Å². The highest BCUT2D eigenvalue weighted by molar-refractivity contribution is 5.76. The van der Waals surface area contributed by atoms with E-state index in [1.807, 2.05) is 25.1 Å². The van der Waals surface area contributed by atoms with E-state index in [1.165, 1.54) is 19.8 Å². The zero-order valence-electron chi connectivity index (χ0n) is 16.6. The molecule has 7 heteroatoms. The fourth-order valence-corrected chi connectivity index (χ4v) is 3.50. The van der Waals surface area contributed by atoms with Crippen LogP contribution in [0.2, 0.25) is 0 Å². The maximum absolute atomic E-state index is 11.1. The molecule has 1 aromatic carbocycles. The van der Waals surface area contributed by atoms with Gasteiger partial charge in [-0.05, 0) is 50.7 Å². The van der Waals surface area contributed by atoms with Gasteiger partial charge in [0.15, 0.2) is 5.58 Å². The number of nitrogens with zero attached hydrogens (tertiary/aromatic N) is 2. The lowest BCUT2D eigenvalue weighted by molar-refractivity contribution is -0.120. The summed E-state index contributed by atoms with van der Waals surface area (Å²) in [6.07, 6.45) is 4.60. The van der Waals surface area contributed by atoms with Gasteiger partial charge in [-0.2, -0.15) is 4.98 Å². The first-order valence-corrected chi connectivity index (χ1v) is 10.2. The number of benzene rings is 1. The molecule has 0 radical (unpaired) electrons. The Hall–Kier alpha value is -2.28. The van der Waals surface area contributed by atoms with Gasteiger partial charge in [-0.1, -0.05) is 0 Å². The maximum Gasteiger partial charge on any atom is 0.298 e. The summed E-state index contributed by atoms with van der Waals surface area (Å²) < 4.78 is 17.7. The largest absolute Gasteiger partial charge is 0.493 e. The van der Waals surface area contributed by atoms with Crippen molar-refractivity contribution >= 4 is 23.0 Å². The fraction of sp³-hybridized carbons (Fsp3) is 0.619. The molecule has 2 aromatic rings. The minimum Gasteiger partial charge on any atom is -0.493 e. The minimum atomic E-state index is -0.0250. The van der Waals surface area contributed by atoms with Crippen LogP contribution in [0.15, 0.2) is 22.6 Å². The van der Waals surface area contributed by atoms with Gasteiger partial charge >= 0.3 is 0 Å². The number of nitrogens with one attached hydrogen (secondary N) is 1. The zero-order valence-corrected chi connectivity index (χ0v) is 16.6. The summed E-state index contributed by atoms with van der Waals surface area (Å²) in [6.45, 7) is 6.50. The van der Waals surface area contributed by atoms with Crippen molar-refractivity contribution in [3.63, 3.8) is 0 Å². The van der Waals surface area contributed by atoms with E-state index in [0.29, 0.717) is 12.6 Å². The van der Waals surface area contributed by atoms with Crippen molar-refractivity contribution in [1.82, 2.24) is 10.3 Å². The molecule has 1 N–H and O–H groups in total. The Balaban J connectivity index is 1.29. The topological polar surface area (TPSA) is 76.8 Å². The Morgan fingerprint density at radius 1 is 1.32 bits per heavy atom. The van der Waals surface area contributed by atoms with E-state index < -0.39 is 0 Å². The van der Waals surface area contributed by atoms with E-state index in [1.54, 1.807) is 0 Å². The number of ether oxygens (including phenoxy) is 2. The van der Waals surface area contributed by atoms with Crippen molar-refractivity contribution in [2.24, 2.45) is 5.92 Å². The molecule has 1 aromatic heterocycles. The van der Waals surface area contributed by atoms with Crippen molar-refractivity contribution in [2.75, 3.05) is 31.2 Å². The summed E-state index contributed by atoms with van der Waals surface area (Å²) in [5, 5.41) is 2.85. The molecule has 2 fully saturated rings. The Bertz CT molecular complexity index is 809. The Labute approximate surface area is 165 Å². The summed E-state index contributed by atoms with van der Waals surface area (Å²) in [5.41, 5.74) is 1.63. The van der Waals surface area contributed by atoms with Gasteiger partial charge in [0.25, 0.3) is 6.01 Å². The third-order valence-corrected chi connectivity index (χ3v) is 5.27. The molecule has 4 rings (SSSR count). The highest BCUT2D eigenvalue weighted by Gasteiger charge is 2.24. The fourth-order valence-electron chi connectivity index (χ4n) is 3.50. The van der Waals surface area contributed by atoms with Crippen LogP contribution in [0.3, 0.4) is 0 Å². The average molecular weight is 387 g/mol. The number of anilines is 1. The highest BCUT2D eigenvalue weighted by atomic mass is 16.5. The van der Waals surface area contributed by atoms with Gasteiger partial charge in [-0.15, -0.1) is 0 Å². The van der Waals surface area contributed by atoms with Gasteiger partial charge in [-0.25, -0.2) is 0 Å². The van der Waals surface area contributed by atoms with Gasteiger partial charge in [0.1, 0.15) is 11.3 Å². The molecule has 1 aliphatic carbocycles. The number of rotatable bonds is 8. The second kappa shape index (κ2) is 8.39. The first-order valence-electron chi connectivity index (χ1n) is 10.2. The third-order valence-electron chi connectivity index (χ3n) is 5.27. The van der Waals surface area contributed by atoms with Crippen molar-refractivity contribution in [3.05, 3.63) is 18.2 Å². The molecule has 1 saturated heterocycles. The minimum absolute atomic E-state index is 0.0250. The molecular weight excluding hydrogens is 358 g/mol. The Kier molecular flexibility index (Phi) is 5.71. The highest BCUT2D eigenvalue weighted by Crippen LogP contribution is 2.31. The van der Waals surface area contributed by atoms with Crippen molar-refractivity contribution in [1.29, 1.82) is 0 Å². The summed E-state index contributed by atoms with van der Waals surface area (Å²) in [5.74, 6) is 1.57. The Morgan fingerprint density at radius 2 is 2.11 bits per heavy atom.